The summed E-state index contributed by atoms with van der Waals surface area (Å²) in [6.07, 6.45) is -2.44. The van der Waals surface area contributed by atoms with Crippen molar-refractivity contribution in [1.29, 1.82) is 0 Å². The summed E-state index contributed by atoms with van der Waals surface area (Å²) in [5.41, 5.74) is 5.40. The van der Waals surface area contributed by atoms with Crippen LogP contribution in [0.2, 0.25) is 0 Å². The van der Waals surface area contributed by atoms with Gasteiger partial charge in [0.05, 0.1) is 5.56 Å². The number of halogens is 3. The highest BCUT2D eigenvalue weighted by Gasteiger charge is 2.34. The Hall–Kier alpha value is -3.33. The molecule has 39 heavy (non-hydrogen) atoms. The molecule has 3 heteroatoms. The van der Waals surface area contributed by atoms with Crippen LogP contribution in [0.5, 0.6) is 0 Å². The van der Waals surface area contributed by atoms with E-state index in [2.05, 4.69) is 88.4 Å². The van der Waals surface area contributed by atoms with Crippen LogP contribution in [0.15, 0.2) is 109 Å². The number of hydrogen-bond acceptors (Lipinski definition) is 0. The molecule has 0 aromatic heterocycles. The highest BCUT2D eigenvalue weighted by molar-refractivity contribution is 5.38. The first kappa shape index (κ1) is 28.7. The summed E-state index contributed by atoms with van der Waals surface area (Å²) in [7, 11) is 0. The van der Waals surface area contributed by atoms with Crippen LogP contribution in [-0.4, -0.2) is 0 Å². The van der Waals surface area contributed by atoms with E-state index in [1.165, 1.54) is 34.4 Å². The van der Waals surface area contributed by atoms with Gasteiger partial charge in [-0.2, -0.15) is 13.2 Å². The molecule has 0 aliphatic heterocycles. The minimum Gasteiger partial charge on any atom is -0.166 e. The Morgan fingerprint density at radius 1 is 0.538 bits per heavy atom. The zero-order valence-electron chi connectivity index (χ0n) is 23.3. The summed E-state index contributed by atoms with van der Waals surface area (Å²) in [4.78, 5) is 0. The summed E-state index contributed by atoms with van der Waals surface area (Å²) >= 11 is 0. The van der Waals surface area contributed by atoms with E-state index in [-0.39, 0.29) is 17.8 Å². The van der Waals surface area contributed by atoms with Gasteiger partial charge in [0, 0.05) is 0 Å². The molecule has 0 amide bonds. The fraction of sp³-hybridized carbons (Fsp3) is 0.333. The summed E-state index contributed by atoms with van der Waals surface area (Å²) in [5.74, 6) is 1.04. The Morgan fingerprint density at radius 3 is 1.64 bits per heavy atom. The van der Waals surface area contributed by atoms with Crippen LogP contribution in [0.3, 0.4) is 0 Å². The van der Waals surface area contributed by atoms with E-state index in [0.29, 0.717) is 11.8 Å². The van der Waals surface area contributed by atoms with Crippen LogP contribution < -0.4 is 0 Å². The summed E-state index contributed by atoms with van der Waals surface area (Å²) in [6.45, 7) is 8.89. The van der Waals surface area contributed by atoms with E-state index >= 15 is 0 Å². The molecule has 0 fully saturated rings. The van der Waals surface area contributed by atoms with E-state index in [9.17, 15) is 13.2 Å². The van der Waals surface area contributed by atoms with Gasteiger partial charge in [-0.1, -0.05) is 125 Å². The third kappa shape index (κ3) is 7.20. The number of rotatable bonds is 10. The molecule has 4 atom stereocenters. The summed E-state index contributed by atoms with van der Waals surface area (Å²) < 4.78 is 40.4. The summed E-state index contributed by atoms with van der Waals surface area (Å²) in [5, 5.41) is 0. The molecule has 0 aliphatic carbocycles. The van der Waals surface area contributed by atoms with Crippen molar-refractivity contribution in [3.05, 3.63) is 143 Å². The van der Waals surface area contributed by atoms with Crippen molar-refractivity contribution in [1.82, 2.24) is 0 Å². The minimum atomic E-state index is -4.35. The molecule has 0 aliphatic rings. The van der Waals surface area contributed by atoms with Gasteiger partial charge in [-0.15, -0.1) is 0 Å². The second kappa shape index (κ2) is 12.7. The molecular formula is C36H39F3. The van der Waals surface area contributed by atoms with Crippen LogP contribution in [0.25, 0.3) is 0 Å². The fourth-order valence-electron chi connectivity index (χ4n) is 5.81. The van der Waals surface area contributed by atoms with Gasteiger partial charge in [0.1, 0.15) is 0 Å². The first-order chi connectivity index (χ1) is 18.6. The van der Waals surface area contributed by atoms with Crippen LogP contribution in [-0.2, 0) is 6.18 Å². The molecule has 0 spiro atoms. The average molecular weight is 529 g/mol. The highest BCUT2D eigenvalue weighted by atomic mass is 19.4. The van der Waals surface area contributed by atoms with Crippen molar-refractivity contribution >= 4 is 0 Å². The van der Waals surface area contributed by atoms with E-state index < -0.39 is 11.7 Å². The smallest absolute Gasteiger partial charge is 0.166 e. The molecule has 4 aromatic carbocycles. The zero-order valence-corrected chi connectivity index (χ0v) is 23.3. The van der Waals surface area contributed by atoms with E-state index in [4.69, 9.17) is 0 Å². The molecule has 0 bridgehead atoms. The highest BCUT2D eigenvalue weighted by Crippen LogP contribution is 2.47. The molecule has 0 saturated heterocycles. The molecule has 0 N–H and O–H groups in total. The maximum Gasteiger partial charge on any atom is 0.416 e. The second-order valence-corrected chi connectivity index (χ2v) is 11.2. The molecule has 4 rings (SSSR count). The molecule has 0 nitrogen and oxygen atoms in total. The van der Waals surface area contributed by atoms with Crippen molar-refractivity contribution in [2.24, 2.45) is 0 Å². The molecule has 4 aromatic rings. The number of benzene rings is 4. The predicted molar refractivity (Wildman–Crippen MR) is 156 cm³/mol. The Morgan fingerprint density at radius 2 is 1.08 bits per heavy atom. The molecule has 0 heterocycles. The van der Waals surface area contributed by atoms with Gasteiger partial charge < -0.3 is 0 Å². The van der Waals surface area contributed by atoms with Crippen LogP contribution in [0, 0.1) is 0 Å². The standard InChI is InChI=1S/C36H39F3/c1-25(2)31-16-11-17-32(24-31)34(23-18-26(3)28-12-7-5-8-13-28)35(27(4)29-14-9-6-10-15-29)30-19-21-33(22-20-30)36(37,38)39/h5-17,19-22,24-27,34-35H,18,23H2,1-4H3. The van der Waals surface area contributed by atoms with Gasteiger partial charge in [0.25, 0.3) is 0 Å². The monoisotopic (exact) mass is 528 g/mol. The predicted octanol–water partition coefficient (Wildman–Crippen LogP) is 11.1. The Labute approximate surface area is 231 Å². The lowest BCUT2D eigenvalue weighted by molar-refractivity contribution is -0.137. The number of hydrogen-bond donors (Lipinski definition) is 0. The normalized spacial score (nSPS) is 15.1. The number of alkyl halides is 3. The average Bonchev–Trinajstić information content (AvgIpc) is 2.95. The van der Waals surface area contributed by atoms with E-state index in [1.807, 2.05) is 24.3 Å². The van der Waals surface area contributed by atoms with Crippen molar-refractivity contribution in [2.45, 2.75) is 76.3 Å². The van der Waals surface area contributed by atoms with E-state index in [1.54, 1.807) is 12.1 Å². The molecule has 4 unspecified atom stereocenters. The first-order valence-corrected chi connectivity index (χ1v) is 14.0. The van der Waals surface area contributed by atoms with Crippen molar-refractivity contribution < 1.29 is 13.2 Å². The topological polar surface area (TPSA) is 0 Å². The van der Waals surface area contributed by atoms with Crippen molar-refractivity contribution in [2.75, 3.05) is 0 Å². The second-order valence-electron chi connectivity index (χ2n) is 11.2. The maximum absolute atomic E-state index is 13.5. The lowest BCUT2D eigenvalue weighted by atomic mass is 9.69. The van der Waals surface area contributed by atoms with Gasteiger partial charge in [-0.3, -0.25) is 0 Å². The van der Waals surface area contributed by atoms with Crippen LogP contribution >= 0.6 is 0 Å². The lowest BCUT2D eigenvalue weighted by Gasteiger charge is -2.34. The van der Waals surface area contributed by atoms with Crippen LogP contribution in [0.4, 0.5) is 13.2 Å². The SMILES string of the molecule is CC(C)c1cccc(C(CCC(C)c2ccccc2)C(c2ccc(C(F)(F)F)cc2)C(C)c2ccccc2)c1. The van der Waals surface area contributed by atoms with E-state index in [0.717, 1.165) is 18.4 Å². The van der Waals surface area contributed by atoms with Crippen molar-refractivity contribution in [3.63, 3.8) is 0 Å². The lowest BCUT2D eigenvalue weighted by Crippen LogP contribution is -2.19. The van der Waals surface area contributed by atoms with Crippen LogP contribution in [0.1, 0.15) is 104 Å². The zero-order chi connectivity index (χ0) is 28.0. The molecule has 204 valence electrons. The first-order valence-electron chi connectivity index (χ1n) is 14.0. The Kier molecular flexibility index (Phi) is 9.32. The Balaban J connectivity index is 1.80. The summed E-state index contributed by atoms with van der Waals surface area (Å²) in [6, 6.07) is 35.6. The quantitative estimate of drug-likeness (QED) is 0.192. The van der Waals surface area contributed by atoms with Crippen molar-refractivity contribution in [3.8, 4) is 0 Å². The fourth-order valence-corrected chi connectivity index (χ4v) is 5.81. The third-order valence-electron chi connectivity index (χ3n) is 8.21. The van der Waals surface area contributed by atoms with Gasteiger partial charge in [0.2, 0.25) is 0 Å². The van der Waals surface area contributed by atoms with Gasteiger partial charge in [-0.05, 0) is 82.4 Å². The molecule has 0 saturated carbocycles. The van der Waals surface area contributed by atoms with Gasteiger partial charge in [-0.25, -0.2) is 0 Å². The van der Waals surface area contributed by atoms with Gasteiger partial charge >= 0.3 is 6.18 Å². The maximum atomic E-state index is 13.5. The Bertz CT molecular complexity index is 1290. The van der Waals surface area contributed by atoms with Gasteiger partial charge in [0.15, 0.2) is 0 Å². The molecule has 0 radical (unpaired) electrons. The molecular weight excluding hydrogens is 489 g/mol. The minimum absolute atomic E-state index is 0.0140. The third-order valence-corrected chi connectivity index (χ3v) is 8.21. The largest absolute Gasteiger partial charge is 0.416 e.